The topological polar surface area (TPSA) is 49.6 Å². The lowest BCUT2D eigenvalue weighted by Crippen LogP contribution is -2.49. The van der Waals surface area contributed by atoms with Gasteiger partial charge in [0.05, 0.1) is 10.3 Å². The van der Waals surface area contributed by atoms with Gasteiger partial charge in [-0.15, -0.1) is 0 Å². The summed E-state index contributed by atoms with van der Waals surface area (Å²) in [5.41, 5.74) is 0.681. The second-order valence-corrected chi connectivity index (χ2v) is 6.91. The monoisotopic (exact) mass is 341 g/mol. The van der Waals surface area contributed by atoms with E-state index in [-0.39, 0.29) is 5.91 Å². The van der Waals surface area contributed by atoms with Gasteiger partial charge in [-0.2, -0.15) is 4.37 Å². The second-order valence-electron chi connectivity index (χ2n) is 6.11. The quantitative estimate of drug-likeness (QED) is 0.716. The Hall–Kier alpha value is -2.34. The molecule has 1 aliphatic rings. The van der Waals surface area contributed by atoms with Gasteiger partial charge in [0.25, 0.3) is 5.91 Å². The van der Waals surface area contributed by atoms with Crippen LogP contribution in [0.15, 0.2) is 34.7 Å². The van der Waals surface area contributed by atoms with Crippen molar-refractivity contribution in [3.8, 4) is 0 Å². The average molecular weight is 341 g/mol. The van der Waals surface area contributed by atoms with Gasteiger partial charge in [0.2, 0.25) is 0 Å². The number of anilines is 1. The Kier molecular flexibility index (Phi) is 3.76. The smallest absolute Gasteiger partial charge is 0.257 e. The highest BCUT2D eigenvalue weighted by Crippen LogP contribution is 2.30. The van der Waals surface area contributed by atoms with Gasteiger partial charge >= 0.3 is 0 Å². The molecule has 0 aliphatic carbocycles. The number of carbonyl (C=O) groups excluding carboxylic acids is 1. The Morgan fingerprint density at radius 3 is 2.62 bits per heavy atom. The number of rotatable bonds is 2. The Labute approximate surface area is 144 Å². The molecule has 5 nitrogen and oxygen atoms in total. The largest absolute Gasteiger partial charge is 0.466 e. The summed E-state index contributed by atoms with van der Waals surface area (Å²) in [6, 6.07) is 10.1. The molecule has 0 spiro atoms. The van der Waals surface area contributed by atoms with Crippen LogP contribution in [0, 0.1) is 13.8 Å². The molecule has 1 aromatic carbocycles. The highest BCUT2D eigenvalue weighted by molar-refractivity contribution is 7.13. The van der Waals surface area contributed by atoms with Crippen LogP contribution in [-0.4, -0.2) is 41.4 Å². The molecule has 3 aromatic rings. The number of piperazine rings is 1. The van der Waals surface area contributed by atoms with Crippen LogP contribution in [0.1, 0.15) is 21.9 Å². The van der Waals surface area contributed by atoms with Gasteiger partial charge in [-0.25, -0.2) is 0 Å². The zero-order valence-electron chi connectivity index (χ0n) is 13.8. The number of furan rings is 1. The Morgan fingerprint density at radius 1 is 1.17 bits per heavy atom. The number of hydrogen-bond acceptors (Lipinski definition) is 5. The van der Waals surface area contributed by atoms with Gasteiger partial charge in [-0.3, -0.25) is 4.79 Å². The minimum absolute atomic E-state index is 0.0622. The third-order valence-electron chi connectivity index (χ3n) is 4.50. The van der Waals surface area contributed by atoms with Crippen molar-refractivity contribution in [3.63, 3.8) is 0 Å². The highest BCUT2D eigenvalue weighted by Gasteiger charge is 2.26. The zero-order chi connectivity index (χ0) is 16.7. The van der Waals surface area contributed by atoms with Gasteiger partial charge in [0.15, 0.2) is 0 Å². The van der Waals surface area contributed by atoms with Gasteiger partial charge < -0.3 is 14.2 Å². The minimum atomic E-state index is 0.0622. The van der Waals surface area contributed by atoms with E-state index < -0.39 is 0 Å². The molecule has 3 heterocycles. The lowest BCUT2D eigenvalue weighted by Gasteiger charge is -2.35. The van der Waals surface area contributed by atoms with Crippen molar-refractivity contribution in [3.05, 3.63) is 47.4 Å². The molecule has 0 atom stereocenters. The van der Waals surface area contributed by atoms with Gasteiger partial charge in [-0.1, -0.05) is 12.1 Å². The number of aryl methyl sites for hydroxylation is 2. The molecule has 1 saturated heterocycles. The van der Waals surface area contributed by atoms with Crippen molar-refractivity contribution in [2.45, 2.75) is 13.8 Å². The number of nitrogens with zero attached hydrogens (tertiary/aromatic N) is 3. The van der Waals surface area contributed by atoms with Crippen LogP contribution in [0.3, 0.4) is 0 Å². The van der Waals surface area contributed by atoms with E-state index in [9.17, 15) is 4.79 Å². The number of amides is 1. The van der Waals surface area contributed by atoms with Gasteiger partial charge in [0.1, 0.15) is 17.3 Å². The van der Waals surface area contributed by atoms with Crippen LogP contribution in [0.25, 0.3) is 10.1 Å². The van der Waals surface area contributed by atoms with E-state index in [0.717, 1.165) is 24.7 Å². The standard InChI is InChI=1S/C18H19N3O2S/c1-12-11-15(13(2)23-12)18(22)21-9-7-20(8-10-21)17-14-5-3-4-6-16(14)24-19-17/h3-6,11H,7-10H2,1-2H3. The first-order valence-electron chi connectivity index (χ1n) is 8.09. The van der Waals surface area contributed by atoms with Crippen LogP contribution in [0.5, 0.6) is 0 Å². The fourth-order valence-corrected chi connectivity index (χ4v) is 4.03. The maximum atomic E-state index is 12.7. The SMILES string of the molecule is Cc1cc(C(=O)N2CCN(c3nsc4ccccc34)CC2)c(C)o1. The molecular weight excluding hydrogens is 322 g/mol. The maximum absolute atomic E-state index is 12.7. The summed E-state index contributed by atoms with van der Waals surface area (Å²) in [5, 5.41) is 1.20. The number of benzene rings is 1. The number of carbonyl (C=O) groups is 1. The summed E-state index contributed by atoms with van der Waals surface area (Å²) < 4.78 is 11.3. The highest BCUT2D eigenvalue weighted by atomic mass is 32.1. The minimum Gasteiger partial charge on any atom is -0.466 e. The molecule has 4 rings (SSSR count). The van der Waals surface area contributed by atoms with Crippen LogP contribution < -0.4 is 4.90 Å². The van der Waals surface area contributed by atoms with E-state index in [1.54, 1.807) is 0 Å². The molecule has 6 heteroatoms. The third kappa shape index (κ3) is 2.57. The van der Waals surface area contributed by atoms with Crippen molar-refractivity contribution < 1.29 is 9.21 Å². The van der Waals surface area contributed by atoms with Crippen LogP contribution >= 0.6 is 11.5 Å². The van der Waals surface area contributed by atoms with Crippen molar-refractivity contribution in [1.82, 2.24) is 9.27 Å². The molecule has 0 N–H and O–H groups in total. The average Bonchev–Trinajstić information content (AvgIpc) is 3.17. The summed E-state index contributed by atoms with van der Waals surface area (Å²) in [6.45, 7) is 6.72. The van der Waals surface area contributed by atoms with E-state index in [1.807, 2.05) is 36.9 Å². The Balaban J connectivity index is 1.49. The third-order valence-corrected chi connectivity index (χ3v) is 5.31. The molecule has 0 saturated carbocycles. The summed E-state index contributed by atoms with van der Waals surface area (Å²) in [5.74, 6) is 2.58. The first-order valence-corrected chi connectivity index (χ1v) is 8.86. The molecule has 1 amide bonds. The second kappa shape index (κ2) is 5.94. The summed E-state index contributed by atoms with van der Waals surface area (Å²) in [4.78, 5) is 16.9. The molecular formula is C18H19N3O2S. The maximum Gasteiger partial charge on any atom is 0.257 e. The van der Waals surface area contributed by atoms with Crippen LogP contribution in [-0.2, 0) is 0 Å². The van der Waals surface area contributed by atoms with Gasteiger partial charge in [-0.05, 0) is 43.6 Å². The van der Waals surface area contributed by atoms with Gasteiger partial charge in [0, 0.05) is 31.6 Å². The predicted octanol–water partition coefficient (Wildman–Crippen LogP) is 3.47. The first-order chi connectivity index (χ1) is 11.6. The fraction of sp³-hybridized carbons (Fsp3) is 0.333. The number of hydrogen-bond donors (Lipinski definition) is 0. The van der Waals surface area contributed by atoms with Crippen molar-refractivity contribution >= 4 is 33.3 Å². The molecule has 24 heavy (non-hydrogen) atoms. The van der Waals surface area contributed by atoms with Crippen molar-refractivity contribution in [1.29, 1.82) is 0 Å². The molecule has 0 unspecified atom stereocenters. The van der Waals surface area contributed by atoms with E-state index in [2.05, 4.69) is 21.4 Å². The molecule has 1 fully saturated rings. The Bertz CT molecular complexity index is 891. The number of aromatic nitrogens is 1. The van der Waals surface area contributed by atoms with E-state index in [4.69, 9.17) is 4.42 Å². The van der Waals surface area contributed by atoms with E-state index in [0.29, 0.717) is 24.4 Å². The molecule has 1 aliphatic heterocycles. The zero-order valence-corrected chi connectivity index (χ0v) is 14.6. The number of fused-ring (bicyclic) bond motifs is 1. The Morgan fingerprint density at radius 2 is 1.92 bits per heavy atom. The molecule has 2 aromatic heterocycles. The van der Waals surface area contributed by atoms with Crippen LogP contribution in [0.4, 0.5) is 5.82 Å². The van der Waals surface area contributed by atoms with E-state index in [1.165, 1.54) is 21.6 Å². The first kappa shape index (κ1) is 15.2. The molecule has 124 valence electrons. The fourth-order valence-electron chi connectivity index (χ4n) is 3.24. The van der Waals surface area contributed by atoms with E-state index >= 15 is 0 Å². The lowest BCUT2D eigenvalue weighted by molar-refractivity contribution is 0.0745. The lowest BCUT2D eigenvalue weighted by atomic mass is 10.2. The molecule has 0 radical (unpaired) electrons. The van der Waals surface area contributed by atoms with Crippen molar-refractivity contribution in [2.24, 2.45) is 0 Å². The molecule has 0 bridgehead atoms. The van der Waals surface area contributed by atoms with Crippen molar-refractivity contribution in [2.75, 3.05) is 31.1 Å². The van der Waals surface area contributed by atoms with Crippen LogP contribution in [0.2, 0.25) is 0 Å². The normalized spacial score (nSPS) is 15.2. The summed E-state index contributed by atoms with van der Waals surface area (Å²) in [6.07, 6.45) is 0. The predicted molar refractivity (Wildman–Crippen MR) is 95.9 cm³/mol. The summed E-state index contributed by atoms with van der Waals surface area (Å²) in [7, 11) is 0. The summed E-state index contributed by atoms with van der Waals surface area (Å²) >= 11 is 1.53.